The van der Waals surface area contributed by atoms with Gasteiger partial charge in [0.05, 0.1) is 5.69 Å². The van der Waals surface area contributed by atoms with Crippen molar-refractivity contribution >= 4 is 0 Å². The predicted octanol–water partition coefficient (Wildman–Crippen LogP) is 3.17. The molecule has 1 aromatic carbocycles. The van der Waals surface area contributed by atoms with Crippen LogP contribution in [0.3, 0.4) is 0 Å². The highest BCUT2D eigenvalue weighted by Crippen LogP contribution is 2.21. The normalized spacial score (nSPS) is 14.3. The Morgan fingerprint density at radius 2 is 2.05 bits per heavy atom. The molecule has 0 saturated carbocycles. The number of hydrogen-bond donors (Lipinski definition) is 1. The van der Waals surface area contributed by atoms with Gasteiger partial charge in [0.2, 0.25) is 0 Å². The van der Waals surface area contributed by atoms with Crippen molar-refractivity contribution in [3.8, 4) is 5.69 Å². The third-order valence-corrected chi connectivity index (χ3v) is 4.07. The minimum Gasteiger partial charge on any atom is -0.311 e. The molecule has 0 aliphatic carbocycles. The molecule has 2 aromatic rings. The summed E-state index contributed by atoms with van der Waals surface area (Å²) in [7, 11) is 0. The van der Waals surface area contributed by atoms with Gasteiger partial charge in [0, 0.05) is 30.9 Å². The molecule has 0 atom stereocenters. The van der Waals surface area contributed by atoms with Crippen molar-refractivity contribution in [1.82, 2.24) is 14.9 Å². The molecule has 3 rings (SSSR count). The number of aryl methyl sites for hydroxylation is 2. The van der Waals surface area contributed by atoms with Crippen LogP contribution in [-0.4, -0.2) is 16.1 Å². The van der Waals surface area contributed by atoms with E-state index in [0.29, 0.717) is 0 Å². The number of fused-ring (bicyclic) bond motifs is 1. The monoisotopic (exact) mass is 269 g/mol. The van der Waals surface area contributed by atoms with E-state index in [1.807, 2.05) is 0 Å². The van der Waals surface area contributed by atoms with Crippen LogP contribution < -0.4 is 5.32 Å². The van der Waals surface area contributed by atoms with E-state index in [2.05, 4.69) is 48.0 Å². The molecule has 0 saturated heterocycles. The third kappa shape index (κ3) is 2.50. The Balaban J connectivity index is 1.91. The second-order valence-electron chi connectivity index (χ2n) is 5.58. The lowest BCUT2D eigenvalue weighted by atomic mass is 10.1. The van der Waals surface area contributed by atoms with Gasteiger partial charge < -0.3 is 9.88 Å². The number of imidazole rings is 1. The second kappa shape index (κ2) is 5.80. The highest BCUT2D eigenvalue weighted by atomic mass is 15.1. The summed E-state index contributed by atoms with van der Waals surface area (Å²) in [6.45, 7) is 6.29. The second-order valence-corrected chi connectivity index (χ2v) is 5.58. The lowest BCUT2D eigenvalue weighted by Gasteiger charge is -2.16. The predicted molar refractivity (Wildman–Crippen MR) is 82.3 cm³/mol. The van der Waals surface area contributed by atoms with Gasteiger partial charge in [-0.05, 0) is 37.5 Å². The van der Waals surface area contributed by atoms with Crippen LogP contribution in [0.1, 0.15) is 42.5 Å². The Labute approximate surface area is 121 Å². The van der Waals surface area contributed by atoms with Gasteiger partial charge in [-0.1, -0.05) is 25.5 Å². The lowest BCUT2D eigenvalue weighted by Crippen LogP contribution is -2.24. The first-order valence-corrected chi connectivity index (χ1v) is 7.66. The summed E-state index contributed by atoms with van der Waals surface area (Å²) < 4.78 is 2.32. The molecule has 0 fully saturated rings. The maximum absolute atomic E-state index is 4.70. The first kappa shape index (κ1) is 13.4. The van der Waals surface area contributed by atoms with Crippen LogP contribution in [0, 0.1) is 6.92 Å². The number of unbranched alkanes of at least 4 members (excludes halogenated alkanes) is 1. The number of benzene rings is 1. The van der Waals surface area contributed by atoms with Crippen LogP contribution in [0.4, 0.5) is 0 Å². The van der Waals surface area contributed by atoms with Gasteiger partial charge in [0.25, 0.3) is 0 Å². The van der Waals surface area contributed by atoms with Crippen molar-refractivity contribution in [2.24, 2.45) is 0 Å². The Morgan fingerprint density at radius 1 is 1.25 bits per heavy atom. The fourth-order valence-electron chi connectivity index (χ4n) is 2.98. The van der Waals surface area contributed by atoms with Crippen molar-refractivity contribution in [3.05, 3.63) is 47.0 Å². The summed E-state index contributed by atoms with van der Waals surface area (Å²) in [5.41, 5.74) is 5.27. The SMILES string of the molecule is CCCCc1ccc(-n2c(C)nc3c2CCNC3)cc1. The van der Waals surface area contributed by atoms with E-state index in [-0.39, 0.29) is 0 Å². The molecule has 1 N–H and O–H groups in total. The van der Waals surface area contributed by atoms with E-state index in [9.17, 15) is 0 Å². The van der Waals surface area contributed by atoms with E-state index < -0.39 is 0 Å². The number of nitrogens with zero attached hydrogens (tertiary/aromatic N) is 2. The molecule has 1 aliphatic rings. The standard InChI is InChI=1S/C17H23N3/c1-3-4-5-14-6-8-15(9-7-14)20-13(2)19-16-12-18-11-10-17(16)20/h6-9,18H,3-5,10-12H2,1-2H3. The van der Waals surface area contributed by atoms with Gasteiger partial charge in [0.15, 0.2) is 0 Å². The van der Waals surface area contributed by atoms with Crippen LogP contribution in [0.5, 0.6) is 0 Å². The molecule has 0 unspecified atom stereocenters. The Kier molecular flexibility index (Phi) is 3.88. The molecule has 0 radical (unpaired) electrons. The molecule has 1 aliphatic heterocycles. The lowest BCUT2D eigenvalue weighted by molar-refractivity contribution is 0.620. The highest BCUT2D eigenvalue weighted by molar-refractivity contribution is 5.40. The van der Waals surface area contributed by atoms with Crippen molar-refractivity contribution < 1.29 is 0 Å². The molecule has 106 valence electrons. The zero-order valence-electron chi connectivity index (χ0n) is 12.4. The third-order valence-electron chi connectivity index (χ3n) is 4.07. The quantitative estimate of drug-likeness (QED) is 0.924. The number of hydrogen-bond acceptors (Lipinski definition) is 2. The summed E-state index contributed by atoms with van der Waals surface area (Å²) in [5.74, 6) is 1.10. The summed E-state index contributed by atoms with van der Waals surface area (Å²) in [6, 6.07) is 9.00. The summed E-state index contributed by atoms with van der Waals surface area (Å²) >= 11 is 0. The molecule has 0 bridgehead atoms. The number of nitrogens with one attached hydrogen (secondary N) is 1. The molecular formula is C17H23N3. The minimum absolute atomic E-state index is 0.901. The van der Waals surface area contributed by atoms with E-state index in [4.69, 9.17) is 4.98 Å². The molecule has 20 heavy (non-hydrogen) atoms. The van der Waals surface area contributed by atoms with Gasteiger partial charge in [-0.15, -0.1) is 0 Å². The summed E-state index contributed by atoms with van der Waals surface area (Å²) in [4.78, 5) is 4.70. The summed E-state index contributed by atoms with van der Waals surface area (Å²) in [6.07, 6.45) is 4.77. The van der Waals surface area contributed by atoms with E-state index in [1.54, 1.807) is 0 Å². The Hall–Kier alpha value is -1.61. The maximum atomic E-state index is 4.70. The largest absolute Gasteiger partial charge is 0.311 e. The van der Waals surface area contributed by atoms with Crippen LogP contribution >= 0.6 is 0 Å². The van der Waals surface area contributed by atoms with Crippen LogP contribution in [0.15, 0.2) is 24.3 Å². The van der Waals surface area contributed by atoms with Crippen LogP contribution in [0.25, 0.3) is 5.69 Å². The van der Waals surface area contributed by atoms with Crippen molar-refractivity contribution in [1.29, 1.82) is 0 Å². The van der Waals surface area contributed by atoms with E-state index >= 15 is 0 Å². The molecule has 0 spiro atoms. The Morgan fingerprint density at radius 3 is 2.80 bits per heavy atom. The first-order valence-electron chi connectivity index (χ1n) is 7.66. The molecule has 0 amide bonds. The van der Waals surface area contributed by atoms with Gasteiger partial charge >= 0.3 is 0 Å². The number of aromatic nitrogens is 2. The molecule has 2 heterocycles. The Bertz CT molecular complexity index is 581. The van der Waals surface area contributed by atoms with Crippen molar-refractivity contribution in [2.45, 2.75) is 46.1 Å². The molecule has 1 aromatic heterocycles. The zero-order chi connectivity index (χ0) is 13.9. The average Bonchev–Trinajstić information content (AvgIpc) is 2.81. The van der Waals surface area contributed by atoms with Crippen molar-refractivity contribution in [3.63, 3.8) is 0 Å². The summed E-state index contributed by atoms with van der Waals surface area (Å²) in [5, 5.41) is 3.39. The molecule has 3 heteroatoms. The first-order chi connectivity index (χ1) is 9.79. The van der Waals surface area contributed by atoms with Crippen LogP contribution in [0.2, 0.25) is 0 Å². The van der Waals surface area contributed by atoms with Gasteiger partial charge in [-0.2, -0.15) is 0 Å². The van der Waals surface area contributed by atoms with Gasteiger partial charge in [0.1, 0.15) is 5.82 Å². The zero-order valence-corrected chi connectivity index (χ0v) is 12.4. The topological polar surface area (TPSA) is 29.9 Å². The fraction of sp³-hybridized carbons (Fsp3) is 0.471. The van der Waals surface area contributed by atoms with Gasteiger partial charge in [-0.3, -0.25) is 0 Å². The maximum Gasteiger partial charge on any atom is 0.110 e. The van der Waals surface area contributed by atoms with E-state index in [1.165, 1.54) is 41.9 Å². The smallest absolute Gasteiger partial charge is 0.110 e. The highest BCUT2D eigenvalue weighted by Gasteiger charge is 2.18. The average molecular weight is 269 g/mol. The number of rotatable bonds is 4. The van der Waals surface area contributed by atoms with Crippen molar-refractivity contribution in [2.75, 3.05) is 6.54 Å². The van der Waals surface area contributed by atoms with E-state index in [0.717, 1.165) is 25.3 Å². The van der Waals surface area contributed by atoms with Gasteiger partial charge in [-0.25, -0.2) is 4.98 Å². The molecular weight excluding hydrogens is 246 g/mol. The molecule has 3 nitrogen and oxygen atoms in total. The fourth-order valence-corrected chi connectivity index (χ4v) is 2.98. The van der Waals surface area contributed by atoms with Crippen LogP contribution in [-0.2, 0) is 19.4 Å². The minimum atomic E-state index is 0.901.